The first-order chi connectivity index (χ1) is 17.0. The Morgan fingerprint density at radius 2 is 1.14 bits per heavy atom. The van der Waals surface area contributed by atoms with Gasteiger partial charge in [-0.3, -0.25) is 9.98 Å². The van der Waals surface area contributed by atoms with E-state index in [1.165, 1.54) is 0 Å². The maximum atomic E-state index is 12.1. The van der Waals surface area contributed by atoms with Gasteiger partial charge in [0.05, 0.1) is 13.1 Å². The molecule has 2 unspecified atom stereocenters. The van der Waals surface area contributed by atoms with E-state index in [2.05, 4.69) is 55.7 Å². The summed E-state index contributed by atoms with van der Waals surface area (Å²) < 4.78 is 0. The highest BCUT2D eigenvalue weighted by Crippen LogP contribution is 2.13. The van der Waals surface area contributed by atoms with Gasteiger partial charge in [0.1, 0.15) is 11.7 Å². The van der Waals surface area contributed by atoms with Gasteiger partial charge in [-0.05, 0) is 68.8 Å². The third-order valence-corrected chi connectivity index (χ3v) is 5.57. The van der Waals surface area contributed by atoms with Crippen LogP contribution in [0.15, 0.2) is 58.5 Å². The van der Waals surface area contributed by atoms with Crippen LogP contribution in [0.25, 0.3) is 0 Å². The van der Waals surface area contributed by atoms with Gasteiger partial charge in [0, 0.05) is 47.7 Å². The van der Waals surface area contributed by atoms with E-state index in [4.69, 9.17) is 0 Å². The number of carbonyl (C=O) groups excluding carboxylic acids is 2. The van der Waals surface area contributed by atoms with E-state index in [0.717, 1.165) is 35.9 Å². The summed E-state index contributed by atoms with van der Waals surface area (Å²) in [6.45, 7) is 6.59. The third-order valence-electron chi connectivity index (χ3n) is 5.57. The van der Waals surface area contributed by atoms with Crippen LogP contribution in [0.3, 0.4) is 0 Å². The lowest BCUT2D eigenvalue weighted by molar-refractivity contribution is 0.251. The Bertz CT molecular complexity index is 1010. The Labute approximate surface area is 205 Å². The molecule has 0 saturated heterocycles. The van der Waals surface area contributed by atoms with Crippen LogP contribution in [0.2, 0.25) is 0 Å². The van der Waals surface area contributed by atoms with Crippen LogP contribution < -0.4 is 31.9 Å². The molecule has 184 valence electrons. The first-order valence-corrected chi connectivity index (χ1v) is 11.9. The minimum atomic E-state index is -0.289. The molecular formula is C25H32N8O2. The molecule has 0 radical (unpaired) electrons. The highest BCUT2D eigenvalue weighted by molar-refractivity contribution is 6.01. The number of nitrogens with zero attached hydrogens (tertiary/aromatic N) is 2. The normalized spacial score (nSPS) is 18.6. The lowest BCUT2D eigenvalue weighted by atomic mass is 10.2. The van der Waals surface area contributed by atoms with Crippen LogP contribution in [0.5, 0.6) is 0 Å². The maximum Gasteiger partial charge on any atom is 0.319 e. The number of amides is 4. The molecule has 2 heterocycles. The smallest absolute Gasteiger partial charge is 0.319 e. The predicted molar refractivity (Wildman–Crippen MR) is 140 cm³/mol. The molecule has 10 heteroatoms. The number of anilines is 2. The average Bonchev–Trinajstić information content (AvgIpc) is 3.48. The second kappa shape index (κ2) is 11.4. The van der Waals surface area contributed by atoms with E-state index in [-0.39, 0.29) is 12.1 Å². The molecular weight excluding hydrogens is 444 g/mol. The van der Waals surface area contributed by atoms with Crippen LogP contribution >= 0.6 is 0 Å². The van der Waals surface area contributed by atoms with Crippen molar-refractivity contribution in [3.8, 4) is 0 Å². The van der Waals surface area contributed by atoms with Gasteiger partial charge < -0.3 is 31.9 Å². The maximum absolute atomic E-state index is 12.1. The highest BCUT2D eigenvalue weighted by Gasteiger charge is 2.15. The van der Waals surface area contributed by atoms with E-state index >= 15 is 0 Å². The van der Waals surface area contributed by atoms with Gasteiger partial charge in [-0.1, -0.05) is 0 Å². The molecule has 0 saturated carbocycles. The standard InChI is InChI=1S/C25H32N8O2/c1-16-14-28-22(30-16)18-4-8-20(9-5-18)32-24(34)26-12-3-13-27-25(35)33-21-10-6-19(7-11-21)23-29-15-17(2)31-23/h4-11,16-17H,3,12-15H2,1-2H3,(H,28,30)(H,29,31)(H2,26,32,34)(H2,27,33,35). The van der Waals surface area contributed by atoms with Gasteiger partial charge in [-0.15, -0.1) is 0 Å². The lowest BCUT2D eigenvalue weighted by Gasteiger charge is -2.11. The van der Waals surface area contributed by atoms with Crippen molar-refractivity contribution in [3.63, 3.8) is 0 Å². The summed E-state index contributed by atoms with van der Waals surface area (Å²) in [7, 11) is 0. The molecule has 0 bridgehead atoms. The van der Waals surface area contributed by atoms with Crippen LogP contribution in [-0.2, 0) is 0 Å². The average molecular weight is 477 g/mol. The zero-order valence-electron chi connectivity index (χ0n) is 20.0. The molecule has 0 aromatic heterocycles. The summed E-state index contributed by atoms with van der Waals surface area (Å²) in [6.07, 6.45) is 0.603. The Morgan fingerprint density at radius 3 is 1.49 bits per heavy atom. The number of amidine groups is 2. The summed E-state index contributed by atoms with van der Waals surface area (Å²) in [4.78, 5) is 33.1. The van der Waals surface area contributed by atoms with Gasteiger partial charge in [0.25, 0.3) is 0 Å². The van der Waals surface area contributed by atoms with Crippen LogP contribution in [-0.4, -0.2) is 62.0 Å². The molecule has 6 N–H and O–H groups in total. The van der Waals surface area contributed by atoms with Crippen molar-refractivity contribution < 1.29 is 9.59 Å². The molecule has 2 aliphatic rings. The van der Waals surface area contributed by atoms with Gasteiger partial charge in [0.15, 0.2) is 0 Å². The van der Waals surface area contributed by atoms with Crippen molar-refractivity contribution in [2.24, 2.45) is 9.98 Å². The predicted octanol–water partition coefficient (Wildman–Crippen LogP) is 2.50. The molecule has 4 amide bonds. The van der Waals surface area contributed by atoms with Crippen molar-refractivity contribution in [1.82, 2.24) is 21.3 Å². The molecule has 0 aliphatic carbocycles. The van der Waals surface area contributed by atoms with Crippen LogP contribution in [0, 0.1) is 0 Å². The van der Waals surface area contributed by atoms with Crippen LogP contribution in [0.1, 0.15) is 31.4 Å². The first-order valence-electron chi connectivity index (χ1n) is 11.9. The van der Waals surface area contributed by atoms with Gasteiger partial charge in [-0.25, -0.2) is 9.59 Å². The number of urea groups is 2. The summed E-state index contributed by atoms with van der Waals surface area (Å²) >= 11 is 0. The number of nitrogens with one attached hydrogen (secondary N) is 6. The number of hydrogen-bond acceptors (Lipinski definition) is 6. The molecule has 4 rings (SSSR count). The lowest BCUT2D eigenvalue weighted by Crippen LogP contribution is -2.34. The second-order valence-corrected chi connectivity index (χ2v) is 8.74. The van der Waals surface area contributed by atoms with Crippen molar-refractivity contribution in [3.05, 3.63) is 59.7 Å². The quantitative estimate of drug-likeness (QED) is 0.327. The zero-order valence-corrected chi connectivity index (χ0v) is 20.0. The Morgan fingerprint density at radius 1 is 0.743 bits per heavy atom. The Balaban J connectivity index is 1.10. The van der Waals surface area contributed by atoms with Gasteiger partial charge >= 0.3 is 12.1 Å². The molecule has 2 aliphatic heterocycles. The van der Waals surface area contributed by atoms with Crippen LogP contribution in [0.4, 0.5) is 21.0 Å². The number of benzene rings is 2. The van der Waals surface area contributed by atoms with E-state index in [1.54, 1.807) is 0 Å². The highest BCUT2D eigenvalue weighted by atomic mass is 16.2. The topological polar surface area (TPSA) is 131 Å². The largest absolute Gasteiger partial charge is 0.366 e. The fourth-order valence-electron chi connectivity index (χ4n) is 3.72. The minimum absolute atomic E-state index is 0.289. The number of aliphatic imine (C=N–C) groups is 2. The molecule has 0 spiro atoms. The SMILES string of the molecule is CC1CN=C(c2ccc(NC(=O)NCCCNC(=O)Nc3ccc(C4=NCC(C)N4)cc3)cc2)N1. The van der Waals surface area contributed by atoms with Crippen molar-refractivity contribution in [1.29, 1.82) is 0 Å². The molecule has 35 heavy (non-hydrogen) atoms. The van der Waals surface area contributed by atoms with Gasteiger partial charge in [-0.2, -0.15) is 0 Å². The van der Waals surface area contributed by atoms with Crippen molar-refractivity contribution in [2.45, 2.75) is 32.4 Å². The fourth-order valence-corrected chi connectivity index (χ4v) is 3.72. The second-order valence-electron chi connectivity index (χ2n) is 8.74. The summed E-state index contributed by atoms with van der Waals surface area (Å²) in [6, 6.07) is 15.2. The van der Waals surface area contributed by atoms with E-state index < -0.39 is 0 Å². The number of hydrogen-bond donors (Lipinski definition) is 6. The molecule has 2 aromatic rings. The molecule has 0 fully saturated rings. The van der Waals surface area contributed by atoms with E-state index in [9.17, 15) is 9.59 Å². The minimum Gasteiger partial charge on any atom is -0.366 e. The van der Waals surface area contributed by atoms with E-state index in [0.29, 0.717) is 43.0 Å². The summed E-state index contributed by atoms with van der Waals surface area (Å²) in [5.41, 5.74) is 3.39. The summed E-state index contributed by atoms with van der Waals surface area (Å²) in [5.74, 6) is 1.76. The summed E-state index contributed by atoms with van der Waals surface area (Å²) in [5, 5.41) is 17.8. The van der Waals surface area contributed by atoms with Gasteiger partial charge in [0.2, 0.25) is 0 Å². The fraction of sp³-hybridized carbons (Fsp3) is 0.360. The van der Waals surface area contributed by atoms with E-state index in [1.807, 2.05) is 48.5 Å². The van der Waals surface area contributed by atoms with Crippen molar-refractivity contribution in [2.75, 3.05) is 36.8 Å². The number of rotatable bonds is 8. The first kappa shape index (κ1) is 24.1. The van der Waals surface area contributed by atoms with Crippen molar-refractivity contribution >= 4 is 35.1 Å². The molecule has 2 aromatic carbocycles. The Hall–Kier alpha value is -4.08. The molecule has 10 nitrogen and oxygen atoms in total. The third kappa shape index (κ3) is 6.95. The number of carbonyl (C=O) groups is 2. The monoisotopic (exact) mass is 476 g/mol. The Kier molecular flexibility index (Phi) is 7.81. The molecule has 2 atom stereocenters. The zero-order chi connectivity index (χ0) is 24.6.